The fourth-order valence-electron chi connectivity index (χ4n) is 2.38. The molecule has 122 valence electrons. The van der Waals surface area contributed by atoms with Gasteiger partial charge in [-0.15, -0.1) is 6.58 Å². The maximum atomic E-state index is 10.3. The van der Waals surface area contributed by atoms with E-state index in [4.69, 9.17) is 14.3 Å². The van der Waals surface area contributed by atoms with Gasteiger partial charge in [0.05, 0.1) is 12.6 Å². The van der Waals surface area contributed by atoms with Gasteiger partial charge < -0.3 is 19.7 Å². The number of benzene rings is 1. The summed E-state index contributed by atoms with van der Waals surface area (Å²) in [5.74, 6) is 0. The zero-order valence-corrected chi connectivity index (χ0v) is 12.6. The average Bonchev–Trinajstić information content (AvgIpc) is 2.56. The summed E-state index contributed by atoms with van der Waals surface area (Å²) >= 11 is 0. The highest BCUT2D eigenvalue weighted by Gasteiger charge is 2.40. The molecule has 0 amide bonds. The van der Waals surface area contributed by atoms with Crippen LogP contribution in [0.2, 0.25) is 0 Å². The van der Waals surface area contributed by atoms with Crippen LogP contribution in [-0.4, -0.2) is 48.0 Å². The van der Waals surface area contributed by atoms with Gasteiger partial charge in [0.2, 0.25) is 0 Å². The number of hydrogen-bond donors (Lipinski definition) is 3. The predicted octanol–water partition coefficient (Wildman–Crippen LogP) is 0.746. The molecule has 1 aliphatic rings. The van der Waals surface area contributed by atoms with E-state index in [0.717, 1.165) is 5.56 Å². The van der Waals surface area contributed by atoms with Crippen LogP contribution < -0.4 is 5.48 Å². The van der Waals surface area contributed by atoms with Crippen molar-refractivity contribution in [2.45, 2.75) is 43.7 Å². The number of nitrogens with one attached hydrogen (secondary N) is 1. The lowest BCUT2D eigenvalue weighted by molar-refractivity contribution is -0.247. The van der Waals surface area contributed by atoms with E-state index in [2.05, 4.69) is 12.1 Å². The summed E-state index contributed by atoms with van der Waals surface area (Å²) in [4.78, 5) is 5.46. The summed E-state index contributed by atoms with van der Waals surface area (Å²) in [7, 11) is 1.52. The lowest BCUT2D eigenvalue weighted by Crippen LogP contribution is -2.57. The van der Waals surface area contributed by atoms with Crippen LogP contribution in [0.4, 0.5) is 0 Å². The van der Waals surface area contributed by atoms with Crippen molar-refractivity contribution in [2.24, 2.45) is 0 Å². The first-order valence-electron chi connectivity index (χ1n) is 7.24. The van der Waals surface area contributed by atoms with Crippen molar-refractivity contribution in [1.29, 1.82) is 0 Å². The molecule has 1 aromatic carbocycles. The Morgan fingerprint density at radius 2 is 2.18 bits per heavy atom. The molecule has 0 bridgehead atoms. The Labute approximate surface area is 130 Å². The highest BCUT2D eigenvalue weighted by atomic mass is 16.7. The van der Waals surface area contributed by atoms with E-state index in [-0.39, 0.29) is 0 Å². The maximum Gasteiger partial charge on any atom is 0.159 e. The van der Waals surface area contributed by atoms with Crippen LogP contribution in [0.5, 0.6) is 0 Å². The van der Waals surface area contributed by atoms with Crippen LogP contribution in [-0.2, 0) is 20.9 Å². The number of hydrogen-bond acceptors (Lipinski definition) is 6. The summed E-state index contributed by atoms with van der Waals surface area (Å²) in [5.41, 5.74) is 3.85. The Morgan fingerprint density at radius 3 is 2.82 bits per heavy atom. The first-order chi connectivity index (χ1) is 10.7. The molecule has 6 heteroatoms. The highest BCUT2D eigenvalue weighted by Crippen LogP contribution is 2.23. The van der Waals surface area contributed by atoms with Crippen molar-refractivity contribution in [2.75, 3.05) is 7.11 Å². The molecule has 0 aromatic heterocycles. The molecule has 1 aromatic rings. The highest BCUT2D eigenvalue weighted by molar-refractivity contribution is 5.13. The summed E-state index contributed by atoms with van der Waals surface area (Å²) < 4.78 is 10.7. The number of rotatable bonds is 7. The Balaban J connectivity index is 1.91. The van der Waals surface area contributed by atoms with Crippen molar-refractivity contribution < 1.29 is 24.5 Å². The third-order valence-corrected chi connectivity index (χ3v) is 3.66. The molecule has 3 N–H and O–H groups in total. The summed E-state index contributed by atoms with van der Waals surface area (Å²) in [6.07, 6.45) is -1.52. The van der Waals surface area contributed by atoms with E-state index < -0.39 is 30.6 Å². The van der Waals surface area contributed by atoms with E-state index in [1.54, 1.807) is 0 Å². The van der Waals surface area contributed by atoms with Crippen molar-refractivity contribution in [3.63, 3.8) is 0 Å². The van der Waals surface area contributed by atoms with Crippen LogP contribution in [0, 0.1) is 0 Å². The predicted molar refractivity (Wildman–Crippen MR) is 80.7 cm³/mol. The summed E-state index contributed by atoms with van der Waals surface area (Å²) in [6, 6.07) is 9.28. The fourth-order valence-corrected chi connectivity index (χ4v) is 2.38. The normalized spacial score (nSPS) is 30.0. The maximum absolute atomic E-state index is 10.3. The summed E-state index contributed by atoms with van der Waals surface area (Å²) in [5, 5.41) is 20.2. The minimum atomic E-state index is -0.980. The molecule has 3 unspecified atom stereocenters. The molecule has 2 rings (SSSR count). The molecule has 0 saturated carbocycles. The van der Waals surface area contributed by atoms with E-state index in [1.165, 1.54) is 13.2 Å². The van der Waals surface area contributed by atoms with Crippen LogP contribution in [0.3, 0.4) is 0 Å². The number of aliphatic hydroxyl groups is 2. The van der Waals surface area contributed by atoms with Crippen molar-refractivity contribution in [1.82, 2.24) is 5.48 Å². The monoisotopic (exact) mass is 309 g/mol. The number of methoxy groups -OCH3 is 1. The van der Waals surface area contributed by atoms with Gasteiger partial charge in [0.25, 0.3) is 0 Å². The molecule has 6 nitrogen and oxygen atoms in total. The van der Waals surface area contributed by atoms with Gasteiger partial charge in [-0.25, -0.2) is 0 Å². The summed E-state index contributed by atoms with van der Waals surface area (Å²) in [6.45, 7) is 3.89. The van der Waals surface area contributed by atoms with Crippen LogP contribution >= 0.6 is 0 Å². The molecule has 1 saturated heterocycles. The second-order valence-electron chi connectivity index (χ2n) is 5.22. The van der Waals surface area contributed by atoms with Gasteiger partial charge in [-0.1, -0.05) is 36.4 Å². The largest absolute Gasteiger partial charge is 0.389 e. The quantitative estimate of drug-likeness (QED) is 0.509. The SMILES string of the molecule is C=CC(O)[C@H]1O[C@@H](OC)CC(NOCc2ccccc2)C1O. The number of aliphatic hydroxyl groups excluding tert-OH is 2. The van der Waals surface area contributed by atoms with Crippen molar-refractivity contribution >= 4 is 0 Å². The second-order valence-corrected chi connectivity index (χ2v) is 5.22. The Hall–Kier alpha value is -1.28. The standard InChI is InChI=1S/C16H23NO5/c1-3-13(18)16-15(19)12(9-14(20-2)22-16)17-21-10-11-7-5-4-6-8-11/h3-8,12-19H,1,9-10H2,2H3/t12?,13?,14-,15?,16-/m1/s1. The molecular weight excluding hydrogens is 286 g/mol. The van der Waals surface area contributed by atoms with Gasteiger partial charge in [-0.05, 0) is 5.56 Å². The molecule has 0 radical (unpaired) electrons. The third kappa shape index (κ3) is 4.36. The van der Waals surface area contributed by atoms with Crippen molar-refractivity contribution in [3.8, 4) is 0 Å². The lowest BCUT2D eigenvalue weighted by Gasteiger charge is -2.40. The van der Waals surface area contributed by atoms with Crippen LogP contribution in [0.15, 0.2) is 43.0 Å². The number of hydroxylamine groups is 1. The van der Waals surface area contributed by atoms with Crippen LogP contribution in [0.1, 0.15) is 12.0 Å². The van der Waals surface area contributed by atoms with Gasteiger partial charge in [-0.2, -0.15) is 5.48 Å². The Morgan fingerprint density at radius 1 is 1.45 bits per heavy atom. The first-order valence-corrected chi connectivity index (χ1v) is 7.24. The van der Waals surface area contributed by atoms with E-state index in [9.17, 15) is 10.2 Å². The van der Waals surface area contributed by atoms with E-state index in [0.29, 0.717) is 13.0 Å². The lowest BCUT2D eigenvalue weighted by atomic mass is 9.95. The van der Waals surface area contributed by atoms with E-state index in [1.807, 2.05) is 30.3 Å². The number of ether oxygens (including phenoxy) is 2. The van der Waals surface area contributed by atoms with Crippen LogP contribution in [0.25, 0.3) is 0 Å². The molecule has 0 aliphatic carbocycles. The van der Waals surface area contributed by atoms with Gasteiger partial charge in [0, 0.05) is 13.5 Å². The zero-order valence-electron chi connectivity index (χ0n) is 12.6. The second kappa shape index (κ2) is 8.38. The van der Waals surface area contributed by atoms with Crippen molar-refractivity contribution in [3.05, 3.63) is 48.6 Å². The molecule has 1 aliphatic heterocycles. The van der Waals surface area contributed by atoms with Gasteiger partial charge >= 0.3 is 0 Å². The smallest absolute Gasteiger partial charge is 0.159 e. The fraction of sp³-hybridized carbons (Fsp3) is 0.500. The zero-order chi connectivity index (χ0) is 15.9. The molecule has 1 heterocycles. The average molecular weight is 309 g/mol. The molecule has 0 spiro atoms. The van der Waals surface area contributed by atoms with E-state index >= 15 is 0 Å². The van der Waals surface area contributed by atoms with Gasteiger partial charge in [0.1, 0.15) is 18.3 Å². The third-order valence-electron chi connectivity index (χ3n) is 3.66. The minimum Gasteiger partial charge on any atom is -0.389 e. The minimum absolute atomic E-state index is 0.372. The van der Waals surface area contributed by atoms with Gasteiger partial charge in [0.15, 0.2) is 6.29 Å². The molecular formula is C16H23NO5. The Kier molecular flexibility index (Phi) is 6.50. The molecule has 5 atom stereocenters. The molecule has 22 heavy (non-hydrogen) atoms. The first kappa shape index (κ1) is 17.1. The Bertz CT molecular complexity index is 455. The molecule has 1 fully saturated rings. The van der Waals surface area contributed by atoms with Gasteiger partial charge in [-0.3, -0.25) is 4.84 Å². The topological polar surface area (TPSA) is 80.2 Å².